The first-order valence-electron chi connectivity index (χ1n) is 8.17. The van der Waals surface area contributed by atoms with Gasteiger partial charge in [-0.3, -0.25) is 9.69 Å². The van der Waals surface area contributed by atoms with Crippen molar-refractivity contribution >= 4 is 5.97 Å². The van der Waals surface area contributed by atoms with Crippen molar-refractivity contribution in [2.24, 2.45) is 5.92 Å². The molecule has 2 atom stereocenters. The summed E-state index contributed by atoms with van der Waals surface area (Å²) in [5.41, 5.74) is -0.539. The highest BCUT2D eigenvalue weighted by atomic mass is 16.4. The van der Waals surface area contributed by atoms with Crippen LogP contribution >= 0.6 is 0 Å². The van der Waals surface area contributed by atoms with E-state index in [9.17, 15) is 9.90 Å². The zero-order valence-electron chi connectivity index (χ0n) is 12.4. The van der Waals surface area contributed by atoms with Crippen molar-refractivity contribution in [2.75, 3.05) is 13.1 Å². The van der Waals surface area contributed by atoms with Gasteiger partial charge in [-0.25, -0.2) is 0 Å². The van der Waals surface area contributed by atoms with Crippen LogP contribution in [0.25, 0.3) is 0 Å². The molecule has 0 spiro atoms. The third kappa shape index (κ3) is 3.31. The average Bonchev–Trinajstić information content (AvgIpc) is 2.64. The molecule has 0 amide bonds. The zero-order valence-corrected chi connectivity index (χ0v) is 12.4. The maximum absolute atomic E-state index is 12.0. The van der Waals surface area contributed by atoms with Gasteiger partial charge in [0, 0.05) is 0 Å². The molecule has 0 aromatic heterocycles. The summed E-state index contributed by atoms with van der Waals surface area (Å²) in [5, 5.41) is 9.84. The predicted octanol–water partition coefficient (Wildman–Crippen LogP) is 3.68. The standard InChI is InChI=1S/C16H29NO2/c1-2-7-14-8-6-10-16(11-9-14,15(18)19)17-12-4-3-5-13-17/h14H,2-13H2,1H3,(H,18,19). The van der Waals surface area contributed by atoms with Crippen molar-refractivity contribution in [1.29, 1.82) is 0 Å². The molecule has 1 aliphatic heterocycles. The fraction of sp³-hybridized carbons (Fsp3) is 0.938. The van der Waals surface area contributed by atoms with Crippen molar-refractivity contribution in [3.8, 4) is 0 Å². The Kier molecular flexibility index (Phi) is 5.26. The first kappa shape index (κ1) is 14.8. The van der Waals surface area contributed by atoms with E-state index in [1.165, 1.54) is 38.5 Å². The topological polar surface area (TPSA) is 40.5 Å². The Morgan fingerprint density at radius 3 is 2.53 bits per heavy atom. The number of carboxylic acids is 1. The van der Waals surface area contributed by atoms with Crippen molar-refractivity contribution in [2.45, 2.75) is 76.7 Å². The number of piperidine rings is 1. The number of hydrogen-bond donors (Lipinski definition) is 1. The van der Waals surface area contributed by atoms with Crippen LogP contribution < -0.4 is 0 Å². The Bertz CT molecular complexity index is 299. The highest BCUT2D eigenvalue weighted by Gasteiger charge is 2.45. The first-order valence-corrected chi connectivity index (χ1v) is 8.17. The van der Waals surface area contributed by atoms with Gasteiger partial charge in [-0.05, 0) is 51.1 Å². The van der Waals surface area contributed by atoms with Crippen LogP contribution in [-0.2, 0) is 4.79 Å². The minimum atomic E-state index is -0.563. The van der Waals surface area contributed by atoms with Gasteiger partial charge in [0.1, 0.15) is 5.54 Å². The second kappa shape index (κ2) is 6.74. The number of aliphatic carboxylic acids is 1. The lowest BCUT2D eigenvalue weighted by Gasteiger charge is -2.42. The van der Waals surface area contributed by atoms with Gasteiger partial charge in [0.05, 0.1) is 0 Å². The van der Waals surface area contributed by atoms with Crippen molar-refractivity contribution in [1.82, 2.24) is 4.90 Å². The molecule has 2 aliphatic rings. The number of likely N-dealkylation sites (tertiary alicyclic amines) is 1. The summed E-state index contributed by atoms with van der Waals surface area (Å²) in [7, 11) is 0. The van der Waals surface area contributed by atoms with E-state index in [1.807, 2.05) is 0 Å². The van der Waals surface area contributed by atoms with Crippen molar-refractivity contribution < 1.29 is 9.90 Å². The molecule has 1 N–H and O–H groups in total. The Hall–Kier alpha value is -0.570. The van der Waals surface area contributed by atoms with E-state index in [2.05, 4.69) is 11.8 Å². The summed E-state index contributed by atoms with van der Waals surface area (Å²) in [6.07, 6.45) is 11.3. The molecule has 0 aromatic carbocycles. The van der Waals surface area contributed by atoms with Crippen LogP contribution in [0.4, 0.5) is 0 Å². The molecule has 110 valence electrons. The minimum absolute atomic E-state index is 0.539. The van der Waals surface area contributed by atoms with Gasteiger partial charge in [-0.15, -0.1) is 0 Å². The van der Waals surface area contributed by atoms with Crippen LogP contribution in [0.3, 0.4) is 0 Å². The molecule has 19 heavy (non-hydrogen) atoms. The van der Waals surface area contributed by atoms with E-state index in [0.29, 0.717) is 0 Å². The summed E-state index contributed by atoms with van der Waals surface area (Å²) in [5.74, 6) is 0.197. The van der Waals surface area contributed by atoms with Gasteiger partial charge >= 0.3 is 5.97 Å². The third-order valence-electron chi connectivity index (χ3n) is 5.23. The molecule has 0 radical (unpaired) electrons. The summed E-state index contributed by atoms with van der Waals surface area (Å²) in [4.78, 5) is 14.2. The maximum Gasteiger partial charge on any atom is 0.324 e. The van der Waals surface area contributed by atoms with Crippen molar-refractivity contribution in [3.63, 3.8) is 0 Å². The molecule has 2 fully saturated rings. The number of rotatable bonds is 4. The number of nitrogens with zero attached hydrogens (tertiary/aromatic N) is 1. The zero-order chi connectivity index (χ0) is 13.7. The Morgan fingerprint density at radius 2 is 1.89 bits per heavy atom. The van der Waals surface area contributed by atoms with Crippen LogP contribution in [0.5, 0.6) is 0 Å². The molecular weight excluding hydrogens is 238 g/mol. The molecule has 3 heteroatoms. The van der Waals surface area contributed by atoms with Crippen LogP contribution in [0.15, 0.2) is 0 Å². The maximum atomic E-state index is 12.0. The molecule has 0 bridgehead atoms. The van der Waals surface area contributed by atoms with Gasteiger partial charge in [-0.1, -0.05) is 39.0 Å². The average molecular weight is 267 g/mol. The van der Waals surface area contributed by atoms with E-state index in [0.717, 1.165) is 44.7 Å². The lowest BCUT2D eigenvalue weighted by molar-refractivity contribution is -0.153. The SMILES string of the molecule is CCCC1CCCC(C(=O)O)(N2CCCCC2)CC1. The minimum Gasteiger partial charge on any atom is -0.480 e. The third-order valence-corrected chi connectivity index (χ3v) is 5.23. The van der Waals surface area contributed by atoms with Gasteiger partial charge in [0.25, 0.3) is 0 Å². The largest absolute Gasteiger partial charge is 0.480 e. The molecule has 2 rings (SSSR count). The highest BCUT2D eigenvalue weighted by Crippen LogP contribution is 2.38. The van der Waals surface area contributed by atoms with E-state index in [1.54, 1.807) is 0 Å². The molecule has 1 saturated heterocycles. The molecule has 1 saturated carbocycles. The van der Waals surface area contributed by atoms with Gasteiger partial charge in [0.2, 0.25) is 0 Å². The second-order valence-corrected chi connectivity index (χ2v) is 6.47. The molecule has 0 aromatic rings. The molecule has 3 nitrogen and oxygen atoms in total. The monoisotopic (exact) mass is 267 g/mol. The second-order valence-electron chi connectivity index (χ2n) is 6.47. The normalized spacial score (nSPS) is 33.8. The quantitative estimate of drug-likeness (QED) is 0.790. The number of hydrogen-bond acceptors (Lipinski definition) is 2. The number of carboxylic acid groups (broad SMARTS) is 1. The molecule has 1 aliphatic carbocycles. The number of carbonyl (C=O) groups is 1. The van der Waals surface area contributed by atoms with E-state index >= 15 is 0 Å². The van der Waals surface area contributed by atoms with E-state index in [4.69, 9.17) is 0 Å². The Balaban J connectivity index is 2.08. The molecule has 2 unspecified atom stereocenters. The first-order chi connectivity index (χ1) is 9.19. The van der Waals surface area contributed by atoms with E-state index < -0.39 is 11.5 Å². The predicted molar refractivity (Wildman–Crippen MR) is 77.3 cm³/mol. The lowest BCUT2D eigenvalue weighted by atomic mass is 9.85. The van der Waals surface area contributed by atoms with Gasteiger partial charge in [0.15, 0.2) is 0 Å². The van der Waals surface area contributed by atoms with Crippen LogP contribution in [0, 0.1) is 5.92 Å². The van der Waals surface area contributed by atoms with Gasteiger partial charge in [-0.2, -0.15) is 0 Å². The fourth-order valence-corrected chi connectivity index (χ4v) is 4.08. The summed E-state index contributed by atoms with van der Waals surface area (Å²) in [6.45, 7) is 4.22. The highest BCUT2D eigenvalue weighted by molar-refractivity contribution is 5.78. The van der Waals surface area contributed by atoms with Crippen molar-refractivity contribution in [3.05, 3.63) is 0 Å². The summed E-state index contributed by atoms with van der Waals surface area (Å²) in [6, 6.07) is 0. The smallest absolute Gasteiger partial charge is 0.324 e. The summed E-state index contributed by atoms with van der Waals surface area (Å²) >= 11 is 0. The molecular formula is C16H29NO2. The molecule has 1 heterocycles. The van der Waals surface area contributed by atoms with Crippen LogP contribution in [0.1, 0.15) is 71.1 Å². The fourth-order valence-electron chi connectivity index (χ4n) is 4.08. The Labute approximate surface area is 117 Å². The summed E-state index contributed by atoms with van der Waals surface area (Å²) < 4.78 is 0. The van der Waals surface area contributed by atoms with Crippen LogP contribution in [0.2, 0.25) is 0 Å². The van der Waals surface area contributed by atoms with Crippen LogP contribution in [-0.4, -0.2) is 34.6 Å². The Morgan fingerprint density at radius 1 is 1.16 bits per heavy atom. The van der Waals surface area contributed by atoms with Gasteiger partial charge < -0.3 is 5.11 Å². The lowest BCUT2D eigenvalue weighted by Crippen LogP contribution is -2.56. The van der Waals surface area contributed by atoms with E-state index in [-0.39, 0.29) is 0 Å².